The van der Waals surface area contributed by atoms with E-state index >= 15 is 0 Å². The minimum absolute atomic E-state index is 0.897. The minimum Gasteiger partial charge on any atom is -0.455 e. The van der Waals surface area contributed by atoms with E-state index in [0.717, 1.165) is 61.3 Å². The van der Waals surface area contributed by atoms with E-state index in [9.17, 15) is 0 Å². The van der Waals surface area contributed by atoms with Crippen LogP contribution in [0.1, 0.15) is 0 Å². The molecule has 0 radical (unpaired) electrons. The Bertz CT molecular complexity index is 3190. The minimum atomic E-state index is 0.897. The molecule has 0 spiro atoms. The van der Waals surface area contributed by atoms with Crippen molar-refractivity contribution in [1.29, 1.82) is 0 Å². The fourth-order valence-corrected chi connectivity index (χ4v) is 9.24. The Morgan fingerprint density at radius 3 is 1.76 bits per heavy atom. The van der Waals surface area contributed by atoms with Gasteiger partial charge in [0, 0.05) is 53.6 Å². The maximum atomic E-state index is 6.48. The Kier molecular flexibility index (Phi) is 7.39. The lowest BCUT2D eigenvalue weighted by Crippen LogP contribution is -2.09. The van der Waals surface area contributed by atoms with Crippen LogP contribution < -0.4 is 4.90 Å². The molecule has 2 aromatic heterocycles. The van der Waals surface area contributed by atoms with Crippen molar-refractivity contribution in [2.45, 2.75) is 0 Å². The average molecular weight is 720 g/mol. The van der Waals surface area contributed by atoms with E-state index < -0.39 is 0 Å². The number of fused-ring (bicyclic) bond motifs is 7. The van der Waals surface area contributed by atoms with Crippen LogP contribution in [0.15, 0.2) is 205 Å². The van der Waals surface area contributed by atoms with Crippen LogP contribution in [-0.4, -0.2) is 0 Å². The summed E-state index contributed by atoms with van der Waals surface area (Å²) in [6, 6.07) is 72.2. The van der Waals surface area contributed by atoms with Crippen LogP contribution >= 0.6 is 11.3 Å². The Hall–Kier alpha value is -6.94. The number of furan rings is 1. The number of benzene rings is 9. The Labute approximate surface area is 322 Å². The monoisotopic (exact) mass is 719 g/mol. The second-order valence-electron chi connectivity index (χ2n) is 14.1. The van der Waals surface area contributed by atoms with Gasteiger partial charge in [0.25, 0.3) is 0 Å². The second kappa shape index (κ2) is 12.9. The summed E-state index contributed by atoms with van der Waals surface area (Å²) < 4.78 is 9.07. The molecule has 0 fully saturated rings. The lowest BCUT2D eigenvalue weighted by molar-refractivity contribution is 0.670. The van der Waals surface area contributed by atoms with E-state index in [4.69, 9.17) is 4.42 Å². The molecule has 0 aliphatic carbocycles. The summed E-state index contributed by atoms with van der Waals surface area (Å²) in [5.74, 6) is 0. The Balaban J connectivity index is 0.987. The van der Waals surface area contributed by atoms with Crippen molar-refractivity contribution in [2.24, 2.45) is 0 Å². The third-order valence-electron chi connectivity index (χ3n) is 10.9. The van der Waals surface area contributed by atoms with E-state index in [2.05, 4.69) is 199 Å². The maximum absolute atomic E-state index is 6.48. The van der Waals surface area contributed by atoms with Gasteiger partial charge < -0.3 is 9.32 Å². The number of anilines is 3. The smallest absolute Gasteiger partial charge is 0.143 e. The summed E-state index contributed by atoms with van der Waals surface area (Å²) in [7, 11) is 0. The molecule has 11 rings (SSSR count). The summed E-state index contributed by atoms with van der Waals surface area (Å²) >= 11 is 1.85. The van der Waals surface area contributed by atoms with Gasteiger partial charge in [-0.15, -0.1) is 11.3 Å². The molecule has 3 heteroatoms. The first-order chi connectivity index (χ1) is 27.2. The number of rotatable bonds is 6. The van der Waals surface area contributed by atoms with Crippen molar-refractivity contribution in [3.63, 3.8) is 0 Å². The fourth-order valence-electron chi connectivity index (χ4n) is 8.10. The van der Waals surface area contributed by atoms with Crippen molar-refractivity contribution in [1.82, 2.24) is 0 Å². The first-order valence-electron chi connectivity index (χ1n) is 18.7. The van der Waals surface area contributed by atoms with Gasteiger partial charge in [-0.05, 0) is 99.3 Å². The molecule has 0 bridgehead atoms. The molecule has 55 heavy (non-hydrogen) atoms. The molecule has 2 nitrogen and oxygen atoms in total. The van der Waals surface area contributed by atoms with Gasteiger partial charge in [-0.25, -0.2) is 0 Å². The van der Waals surface area contributed by atoms with Crippen LogP contribution in [0.4, 0.5) is 17.1 Å². The molecular weight excluding hydrogens is 687 g/mol. The third kappa shape index (κ3) is 5.48. The van der Waals surface area contributed by atoms with Gasteiger partial charge in [0.1, 0.15) is 11.2 Å². The van der Waals surface area contributed by atoms with Crippen molar-refractivity contribution >= 4 is 81.3 Å². The van der Waals surface area contributed by atoms with Crippen LogP contribution in [-0.2, 0) is 0 Å². The zero-order valence-corrected chi connectivity index (χ0v) is 30.6. The average Bonchev–Trinajstić information content (AvgIpc) is 3.82. The van der Waals surface area contributed by atoms with Crippen LogP contribution in [0.2, 0.25) is 0 Å². The van der Waals surface area contributed by atoms with Crippen molar-refractivity contribution < 1.29 is 4.42 Å². The zero-order valence-electron chi connectivity index (χ0n) is 29.8. The standard InChI is InChI=1S/C52H33NOS/c1-2-10-37(11-3-1)44-14-8-15-47-48-32-40(23-30-49(48)54-52(44)47)36-21-26-42(27-22-36)53(43-28-29-46-45-13-6-7-16-50(45)55-51(46)33-43)41-24-19-35(20-25-41)39-18-17-34-9-4-5-12-38(34)31-39/h1-33H. The van der Waals surface area contributed by atoms with Gasteiger partial charge in [0.2, 0.25) is 0 Å². The predicted octanol–water partition coefficient (Wildman–Crippen LogP) is 15.6. The second-order valence-corrected chi connectivity index (χ2v) is 15.2. The molecule has 0 atom stereocenters. The van der Waals surface area contributed by atoms with Gasteiger partial charge in [0.05, 0.1) is 0 Å². The van der Waals surface area contributed by atoms with Gasteiger partial charge >= 0.3 is 0 Å². The molecule has 0 saturated carbocycles. The van der Waals surface area contributed by atoms with E-state index in [1.165, 1.54) is 42.1 Å². The molecule has 9 aromatic carbocycles. The van der Waals surface area contributed by atoms with Crippen LogP contribution in [0.25, 0.3) is 86.3 Å². The predicted molar refractivity (Wildman–Crippen MR) is 235 cm³/mol. The lowest BCUT2D eigenvalue weighted by Gasteiger charge is -2.26. The van der Waals surface area contributed by atoms with Crippen LogP contribution in [0.5, 0.6) is 0 Å². The highest BCUT2D eigenvalue weighted by Gasteiger charge is 2.17. The number of nitrogens with zero attached hydrogens (tertiary/aromatic N) is 1. The largest absolute Gasteiger partial charge is 0.455 e. The van der Waals surface area contributed by atoms with Gasteiger partial charge in [-0.2, -0.15) is 0 Å². The topological polar surface area (TPSA) is 16.4 Å². The van der Waals surface area contributed by atoms with Gasteiger partial charge in [-0.3, -0.25) is 0 Å². The Morgan fingerprint density at radius 1 is 0.345 bits per heavy atom. The molecule has 0 aliphatic rings. The quantitative estimate of drug-likeness (QED) is 0.170. The molecule has 258 valence electrons. The number of hydrogen-bond donors (Lipinski definition) is 0. The molecule has 0 amide bonds. The molecule has 0 unspecified atom stereocenters. The van der Waals surface area contributed by atoms with E-state index in [-0.39, 0.29) is 0 Å². The van der Waals surface area contributed by atoms with Crippen molar-refractivity contribution in [3.8, 4) is 33.4 Å². The molecule has 11 aromatic rings. The summed E-state index contributed by atoms with van der Waals surface area (Å²) in [5, 5.41) is 7.36. The highest BCUT2D eigenvalue weighted by atomic mass is 32.1. The number of para-hydroxylation sites is 1. The summed E-state index contributed by atoms with van der Waals surface area (Å²) in [6.45, 7) is 0. The van der Waals surface area contributed by atoms with Crippen molar-refractivity contribution in [2.75, 3.05) is 4.90 Å². The van der Waals surface area contributed by atoms with Gasteiger partial charge in [-0.1, -0.05) is 140 Å². The van der Waals surface area contributed by atoms with Crippen molar-refractivity contribution in [3.05, 3.63) is 200 Å². The fraction of sp³-hybridized carbons (Fsp3) is 0. The maximum Gasteiger partial charge on any atom is 0.143 e. The molecule has 2 heterocycles. The summed E-state index contributed by atoms with van der Waals surface area (Å²) in [6.07, 6.45) is 0. The summed E-state index contributed by atoms with van der Waals surface area (Å²) in [4.78, 5) is 2.37. The highest BCUT2D eigenvalue weighted by Crippen LogP contribution is 2.42. The Morgan fingerprint density at radius 2 is 0.964 bits per heavy atom. The molecule has 0 saturated heterocycles. The first kappa shape index (κ1) is 31.6. The van der Waals surface area contributed by atoms with E-state index in [0.29, 0.717) is 0 Å². The normalized spacial score (nSPS) is 11.6. The first-order valence-corrected chi connectivity index (χ1v) is 19.5. The van der Waals surface area contributed by atoms with Gasteiger partial charge in [0.15, 0.2) is 0 Å². The van der Waals surface area contributed by atoms with E-state index in [1.807, 2.05) is 17.4 Å². The zero-order chi connectivity index (χ0) is 36.3. The SMILES string of the molecule is c1ccc(-c2cccc3c2oc2ccc(-c4ccc(N(c5ccc(-c6ccc7ccccc7c6)cc5)c5ccc6c(c5)sc5ccccc56)cc4)cc23)cc1. The highest BCUT2D eigenvalue weighted by molar-refractivity contribution is 7.25. The van der Waals surface area contributed by atoms with Crippen LogP contribution in [0.3, 0.4) is 0 Å². The molecular formula is C52H33NOS. The number of thiophene rings is 1. The number of hydrogen-bond acceptors (Lipinski definition) is 3. The third-order valence-corrected chi connectivity index (χ3v) is 12.0. The summed E-state index contributed by atoms with van der Waals surface area (Å²) in [5.41, 5.74) is 12.2. The molecule has 0 N–H and O–H groups in total. The lowest BCUT2D eigenvalue weighted by atomic mass is 9.99. The molecule has 0 aliphatic heterocycles. The van der Waals surface area contributed by atoms with Crippen LogP contribution in [0, 0.1) is 0 Å². The van der Waals surface area contributed by atoms with E-state index in [1.54, 1.807) is 0 Å².